The smallest absolute Gasteiger partial charge is 0.335 e. The van der Waals surface area contributed by atoms with Crippen LogP contribution in [0.15, 0.2) is 42.0 Å². The van der Waals surface area contributed by atoms with Gasteiger partial charge in [-0.2, -0.15) is 0 Å². The molecule has 0 radical (unpaired) electrons. The molecule has 0 atom stereocenters. The minimum absolute atomic E-state index is 0.0727. The summed E-state index contributed by atoms with van der Waals surface area (Å²) in [6, 6.07) is 10.9. The molecule has 2 aromatic carbocycles. The van der Waals surface area contributed by atoms with Gasteiger partial charge in [-0.05, 0) is 148 Å². The number of methoxy groups -OCH3 is 1. The van der Waals surface area contributed by atoms with Crippen LogP contribution in [-0.2, 0) is 15.0 Å². The molecule has 1 heterocycles. The van der Waals surface area contributed by atoms with Crippen molar-refractivity contribution in [2.24, 2.45) is 17.8 Å². The highest BCUT2D eigenvalue weighted by Crippen LogP contribution is 2.60. The molecule has 1 N–H and O–H groups in total. The molecule has 8 heteroatoms. The van der Waals surface area contributed by atoms with Gasteiger partial charge in [0, 0.05) is 0 Å². The van der Waals surface area contributed by atoms with E-state index in [4.69, 9.17) is 4.74 Å². The highest BCUT2D eigenvalue weighted by Gasteiger charge is 2.51. The molecular formula is C28H26I2N2O4. The van der Waals surface area contributed by atoms with Gasteiger partial charge < -0.3 is 4.74 Å². The van der Waals surface area contributed by atoms with Gasteiger partial charge in [0.05, 0.1) is 19.9 Å². The van der Waals surface area contributed by atoms with E-state index >= 15 is 0 Å². The summed E-state index contributed by atoms with van der Waals surface area (Å²) < 4.78 is 7.14. The van der Waals surface area contributed by atoms with Gasteiger partial charge in [-0.1, -0.05) is 12.1 Å². The Morgan fingerprint density at radius 1 is 0.944 bits per heavy atom. The number of anilines is 1. The predicted octanol–water partition coefficient (Wildman–Crippen LogP) is 6.04. The molecule has 0 unspecified atom stereocenters. The third-order valence-electron chi connectivity index (χ3n) is 8.41. The second-order valence-electron chi connectivity index (χ2n) is 10.7. The van der Waals surface area contributed by atoms with E-state index in [1.807, 2.05) is 24.3 Å². The zero-order valence-corrected chi connectivity index (χ0v) is 24.2. The molecule has 6 nitrogen and oxygen atoms in total. The normalized spacial score (nSPS) is 30.2. The Hall–Kier alpha value is -1.95. The van der Waals surface area contributed by atoms with Gasteiger partial charge in [-0.25, -0.2) is 9.69 Å². The van der Waals surface area contributed by atoms with Crippen molar-refractivity contribution >= 4 is 74.8 Å². The summed E-state index contributed by atoms with van der Waals surface area (Å²) in [5, 5.41) is 2.33. The Bertz CT molecular complexity index is 1260. The average molecular weight is 708 g/mol. The summed E-state index contributed by atoms with van der Waals surface area (Å²) in [4.78, 5) is 39.8. The van der Waals surface area contributed by atoms with Crippen molar-refractivity contribution in [1.82, 2.24) is 5.32 Å². The van der Waals surface area contributed by atoms with Crippen LogP contribution in [0, 0.1) is 24.9 Å². The lowest BCUT2D eigenvalue weighted by atomic mass is 9.48. The van der Waals surface area contributed by atoms with Gasteiger partial charge in [-0.3, -0.25) is 14.9 Å². The van der Waals surface area contributed by atoms with Crippen LogP contribution in [0.25, 0.3) is 6.08 Å². The number of halogens is 2. The number of amides is 4. The summed E-state index contributed by atoms with van der Waals surface area (Å²) in [7, 11) is 1.61. The monoisotopic (exact) mass is 708 g/mol. The second kappa shape index (κ2) is 9.11. The number of rotatable bonds is 4. The van der Waals surface area contributed by atoms with Gasteiger partial charge in [-0.15, -0.1) is 0 Å². The third kappa shape index (κ3) is 4.08. The van der Waals surface area contributed by atoms with E-state index in [1.165, 1.54) is 50.2 Å². The zero-order valence-electron chi connectivity index (χ0n) is 19.9. The Morgan fingerprint density at radius 3 is 2.03 bits per heavy atom. The molecule has 0 aromatic heterocycles. The van der Waals surface area contributed by atoms with Crippen LogP contribution in [0.2, 0.25) is 0 Å². The standard InChI is InChI=1S/C28H26I2N2O4/c1-36-24-22(29)10-15(11-23(24)30)9-21-25(33)31-27(35)32(26(21)34)20-4-2-19(3-5-20)28-12-16-6-17(13-28)8-18(7-16)14-28/h2-5,9-11,16-18H,6-8,12-14H2,1H3,(H,31,33,35)/b21-9+. The highest BCUT2D eigenvalue weighted by atomic mass is 127. The fraction of sp³-hybridized carbons (Fsp3) is 0.393. The van der Waals surface area contributed by atoms with Crippen molar-refractivity contribution in [3.63, 3.8) is 0 Å². The summed E-state index contributed by atoms with van der Waals surface area (Å²) in [6.07, 6.45) is 9.44. The van der Waals surface area contributed by atoms with Crippen molar-refractivity contribution in [1.29, 1.82) is 0 Å². The number of nitrogens with zero attached hydrogens (tertiary/aromatic N) is 1. The van der Waals surface area contributed by atoms with Crippen molar-refractivity contribution in [3.8, 4) is 5.75 Å². The van der Waals surface area contributed by atoms with E-state index in [9.17, 15) is 14.4 Å². The molecule has 4 saturated carbocycles. The van der Waals surface area contributed by atoms with E-state index in [0.717, 1.165) is 35.5 Å². The Labute approximate surface area is 237 Å². The van der Waals surface area contributed by atoms with E-state index in [-0.39, 0.29) is 11.0 Å². The molecular weight excluding hydrogens is 682 g/mol. The summed E-state index contributed by atoms with van der Waals surface area (Å²) in [5.74, 6) is 1.96. The number of hydrogen-bond acceptors (Lipinski definition) is 4. The molecule has 1 saturated heterocycles. The van der Waals surface area contributed by atoms with Gasteiger partial charge in [0.25, 0.3) is 11.8 Å². The molecule has 4 aliphatic carbocycles. The van der Waals surface area contributed by atoms with E-state index < -0.39 is 17.8 Å². The highest BCUT2D eigenvalue weighted by molar-refractivity contribution is 14.1. The molecule has 7 rings (SSSR count). The largest absolute Gasteiger partial charge is 0.495 e. The number of hydrogen-bond donors (Lipinski definition) is 1. The van der Waals surface area contributed by atoms with Crippen LogP contribution >= 0.6 is 45.2 Å². The summed E-state index contributed by atoms with van der Waals surface area (Å²) in [5.41, 5.74) is 2.66. The fourth-order valence-electron chi connectivity index (χ4n) is 7.34. The first-order chi connectivity index (χ1) is 17.3. The van der Waals surface area contributed by atoms with Gasteiger partial charge in [0.1, 0.15) is 11.3 Å². The van der Waals surface area contributed by atoms with Crippen LogP contribution < -0.4 is 15.0 Å². The minimum atomic E-state index is -0.719. The topological polar surface area (TPSA) is 75.7 Å². The van der Waals surface area contributed by atoms with Gasteiger partial charge in [0.15, 0.2) is 0 Å². The maximum absolute atomic E-state index is 13.4. The summed E-state index contributed by atoms with van der Waals surface area (Å²) in [6.45, 7) is 0. The number of carbonyl (C=O) groups excluding carboxylic acids is 3. The number of urea groups is 1. The third-order valence-corrected chi connectivity index (χ3v) is 10.0. The van der Waals surface area contributed by atoms with Crippen LogP contribution in [0.4, 0.5) is 10.5 Å². The minimum Gasteiger partial charge on any atom is -0.495 e. The Balaban J connectivity index is 1.29. The lowest BCUT2D eigenvalue weighted by molar-refractivity contribution is -0.122. The molecule has 2 aromatic rings. The van der Waals surface area contributed by atoms with Crippen LogP contribution in [0.1, 0.15) is 49.7 Å². The van der Waals surface area contributed by atoms with Crippen LogP contribution in [-0.4, -0.2) is 25.0 Å². The molecule has 1 aliphatic heterocycles. The first-order valence-electron chi connectivity index (χ1n) is 12.3. The SMILES string of the molecule is COc1c(I)cc(/C=C2\C(=O)NC(=O)N(c3ccc(C45CC6CC(CC(C6)C4)C5)cc3)C2=O)cc1I. The van der Waals surface area contributed by atoms with Crippen LogP contribution in [0.3, 0.4) is 0 Å². The molecule has 0 spiro atoms. The molecule has 5 fully saturated rings. The molecule has 36 heavy (non-hydrogen) atoms. The van der Waals surface area contributed by atoms with E-state index in [0.29, 0.717) is 11.3 Å². The first kappa shape index (κ1) is 24.4. The number of ether oxygens (including phenoxy) is 1. The second-order valence-corrected chi connectivity index (χ2v) is 13.0. The lowest BCUT2D eigenvalue weighted by Gasteiger charge is -2.57. The van der Waals surface area contributed by atoms with Gasteiger partial charge in [0.2, 0.25) is 0 Å². The van der Waals surface area contributed by atoms with Crippen molar-refractivity contribution in [2.75, 3.05) is 12.0 Å². The van der Waals surface area contributed by atoms with Crippen molar-refractivity contribution < 1.29 is 19.1 Å². The maximum atomic E-state index is 13.4. The van der Waals surface area contributed by atoms with Crippen molar-refractivity contribution in [2.45, 2.75) is 43.9 Å². The number of benzene rings is 2. The summed E-state index contributed by atoms with van der Waals surface area (Å²) >= 11 is 4.32. The van der Waals surface area contributed by atoms with Crippen LogP contribution in [0.5, 0.6) is 5.75 Å². The number of barbiturate groups is 1. The van der Waals surface area contributed by atoms with Gasteiger partial charge >= 0.3 is 6.03 Å². The number of imide groups is 2. The lowest BCUT2D eigenvalue weighted by Crippen LogP contribution is -2.54. The Kier molecular flexibility index (Phi) is 6.17. The van der Waals surface area contributed by atoms with E-state index in [2.05, 4.69) is 62.6 Å². The molecule has 4 bridgehead atoms. The zero-order chi connectivity index (χ0) is 25.2. The predicted molar refractivity (Wildman–Crippen MR) is 154 cm³/mol. The maximum Gasteiger partial charge on any atom is 0.335 e. The molecule has 4 amide bonds. The number of carbonyl (C=O) groups is 3. The first-order valence-corrected chi connectivity index (χ1v) is 14.5. The quantitative estimate of drug-likeness (QED) is 0.239. The Morgan fingerprint density at radius 2 is 1.50 bits per heavy atom. The van der Waals surface area contributed by atoms with Crippen molar-refractivity contribution in [3.05, 3.63) is 60.2 Å². The van der Waals surface area contributed by atoms with E-state index in [1.54, 1.807) is 7.11 Å². The number of nitrogens with one attached hydrogen (secondary N) is 1. The fourth-order valence-corrected chi connectivity index (χ4v) is 9.60. The molecule has 5 aliphatic rings. The molecule has 186 valence electrons. The average Bonchev–Trinajstić information content (AvgIpc) is 2.81.